The number of aromatic nitrogens is 2. The van der Waals surface area contributed by atoms with Gasteiger partial charge in [-0.05, 0) is 44.4 Å². The normalized spacial score (nSPS) is 17.6. The molecule has 0 saturated heterocycles. The van der Waals surface area contributed by atoms with Crippen LogP contribution in [-0.2, 0) is 18.1 Å². The summed E-state index contributed by atoms with van der Waals surface area (Å²) in [5.74, 6) is 0.715. The van der Waals surface area contributed by atoms with Gasteiger partial charge in [0.05, 0.1) is 12.7 Å². The zero-order valence-electron chi connectivity index (χ0n) is 17.3. The van der Waals surface area contributed by atoms with Gasteiger partial charge in [-0.15, -0.1) is 24.0 Å². The van der Waals surface area contributed by atoms with E-state index >= 15 is 0 Å². The van der Waals surface area contributed by atoms with Gasteiger partial charge in [-0.1, -0.05) is 30.2 Å². The molecule has 160 valence electrons. The van der Waals surface area contributed by atoms with Gasteiger partial charge < -0.3 is 15.7 Å². The van der Waals surface area contributed by atoms with Gasteiger partial charge in [-0.25, -0.2) is 4.99 Å². The number of aliphatic hydroxyl groups is 1. The highest BCUT2D eigenvalue weighted by Crippen LogP contribution is 2.43. The average Bonchev–Trinajstić information content (AvgIpc) is 3.07. The number of hydrogen-bond acceptors (Lipinski definition) is 3. The highest BCUT2D eigenvalue weighted by atomic mass is 127. The zero-order chi connectivity index (χ0) is 20.2. The van der Waals surface area contributed by atoms with Crippen molar-refractivity contribution in [1.82, 2.24) is 20.4 Å². The number of nitrogens with one attached hydrogen (secondary N) is 2. The van der Waals surface area contributed by atoms with Crippen molar-refractivity contribution in [3.63, 3.8) is 0 Å². The van der Waals surface area contributed by atoms with Crippen LogP contribution >= 0.6 is 35.6 Å². The van der Waals surface area contributed by atoms with Gasteiger partial charge in [-0.2, -0.15) is 5.10 Å². The summed E-state index contributed by atoms with van der Waals surface area (Å²) in [7, 11) is 1.84. The molecule has 3 N–H and O–H groups in total. The Labute approximate surface area is 195 Å². The minimum Gasteiger partial charge on any atom is -0.383 e. The lowest BCUT2D eigenvalue weighted by Crippen LogP contribution is -2.49. The fraction of sp³-hybridized carbons (Fsp3) is 0.524. The lowest BCUT2D eigenvalue weighted by molar-refractivity contribution is 0.0671. The first-order chi connectivity index (χ1) is 13.3. The molecule has 1 aromatic carbocycles. The van der Waals surface area contributed by atoms with E-state index in [4.69, 9.17) is 11.6 Å². The van der Waals surface area contributed by atoms with Crippen LogP contribution < -0.4 is 10.6 Å². The van der Waals surface area contributed by atoms with Crippen LogP contribution in [0.5, 0.6) is 0 Å². The summed E-state index contributed by atoms with van der Waals surface area (Å²) in [5.41, 5.74) is 1.12. The molecular weight excluding hydrogens is 501 g/mol. The second-order valence-electron chi connectivity index (χ2n) is 7.87. The Balaban J connectivity index is 0.00000300. The highest BCUT2D eigenvalue weighted by molar-refractivity contribution is 14.0. The Morgan fingerprint density at radius 1 is 1.31 bits per heavy atom. The molecule has 2 aromatic rings. The largest absolute Gasteiger partial charge is 0.383 e. The molecule has 1 heterocycles. The third kappa shape index (κ3) is 5.86. The summed E-state index contributed by atoms with van der Waals surface area (Å²) in [5, 5.41) is 22.4. The van der Waals surface area contributed by atoms with Crippen LogP contribution in [0, 0.1) is 0 Å². The minimum atomic E-state index is -1.07. The summed E-state index contributed by atoms with van der Waals surface area (Å²) in [6.45, 7) is 5.61. The van der Waals surface area contributed by atoms with Gasteiger partial charge in [0.1, 0.15) is 5.60 Å². The van der Waals surface area contributed by atoms with Crippen LogP contribution in [0.25, 0.3) is 0 Å². The molecule has 6 nitrogen and oxygen atoms in total. The van der Waals surface area contributed by atoms with Crippen molar-refractivity contribution in [1.29, 1.82) is 0 Å². The maximum Gasteiger partial charge on any atom is 0.191 e. The predicted octanol–water partition coefficient (Wildman–Crippen LogP) is 3.58. The topological polar surface area (TPSA) is 74.5 Å². The Kier molecular flexibility index (Phi) is 8.37. The first-order valence-electron chi connectivity index (χ1n) is 9.84. The maximum absolute atomic E-state index is 10.8. The molecule has 8 heteroatoms. The van der Waals surface area contributed by atoms with Crippen molar-refractivity contribution in [2.45, 2.75) is 44.1 Å². The Hall–Kier alpha value is -1.32. The first-order valence-corrected chi connectivity index (χ1v) is 10.2. The quantitative estimate of drug-likeness (QED) is 0.290. The van der Waals surface area contributed by atoms with Gasteiger partial charge in [0, 0.05) is 42.3 Å². The summed E-state index contributed by atoms with van der Waals surface area (Å²) >= 11 is 6.05. The molecule has 0 amide bonds. The van der Waals surface area contributed by atoms with Gasteiger partial charge in [-0.3, -0.25) is 4.68 Å². The number of guanidine groups is 1. The van der Waals surface area contributed by atoms with E-state index in [1.54, 1.807) is 17.8 Å². The Bertz CT molecular complexity index is 815. The number of benzene rings is 1. The molecule has 1 aliphatic carbocycles. The van der Waals surface area contributed by atoms with Crippen LogP contribution in [0.4, 0.5) is 0 Å². The molecule has 1 atom stereocenters. The molecule has 0 spiro atoms. The number of hydrogen-bond donors (Lipinski definition) is 3. The van der Waals surface area contributed by atoms with Gasteiger partial charge in [0.25, 0.3) is 0 Å². The molecule has 3 rings (SSSR count). The van der Waals surface area contributed by atoms with E-state index in [9.17, 15) is 5.11 Å². The number of aliphatic imine (C=N–C) groups is 1. The van der Waals surface area contributed by atoms with Crippen molar-refractivity contribution in [2.24, 2.45) is 12.0 Å². The number of halogens is 2. The fourth-order valence-electron chi connectivity index (χ4n) is 3.59. The molecule has 0 bridgehead atoms. The third-order valence-electron chi connectivity index (χ3n) is 5.58. The molecule has 1 saturated carbocycles. The van der Waals surface area contributed by atoms with E-state index in [-0.39, 0.29) is 35.9 Å². The molecule has 1 aliphatic rings. The van der Waals surface area contributed by atoms with E-state index in [1.807, 2.05) is 32.3 Å². The Morgan fingerprint density at radius 2 is 2.00 bits per heavy atom. The van der Waals surface area contributed by atoms with Crippen molar-refractivity contribution in [2.75, 3.05) is 19.6 Å². The van der Waals surface area contributed by atoms with Crippen LogP contribution in [0.15, 0.2) is 41.7 Å². The number of aryl methyl sites for hydroxylation is 1. The van der Waals surface area contributed by atoms with Crippen molar-refractivity contribution in [3.8, 4) is 0 Å². The SMILES string of the molecule is CCNC(=NCC(C)(O)c1cnn(C)c1)NCC1(c2ccc(Cl)cc2)CCC1.I. The lowest BCUT2D eigenvalue weighted by Gasteiger charge is -2.43. The molecule has 1 aromatic heterocycles. The van der Waals surface area contributed by atoms with E-state index in [0.29, 0.717) is 5.96 Å². The van der Waals surface area contributed by atoms with E-state index in [1.165, 1.54) is 12.0 Å². The summed E-state index contributed by atoms with van der Waals surface area (Å²) in [6.07, 6.45) is 7.02. The summed E-state index contributed by atoms with van der Waals surface area (Å²) in [6, 6.07) is 8.17. The van der Waals surface area contributed by atoms with Crippen LogP contribution in [0.2, 0.25) is 5.02 Å². The van der Waals surface area contributed by atoms with Crippen molar-refractivity contribution >= 4 is 41.5 Å². The average molecular weight is 532 g/mol. The van der Waals surface area contributed by atoms with Gasteiger partial charge in [0.15, 0.2) is 5.96 Å². The zero-order valence-corrected chi connectivity index (χ0v) is 20.4. The minimum absolute atomic E-state index is 0. The summed E-state index contributed by atoms with van der Waals surface area (Å²) < 4.78 is 1.68. The van der Waals surface area contributed by atoms with Crippen LogP contribution in [0.3, 0.4) is 0 Å². The van der Waals surface area contributed by atoms with E-state index in [2.05, 4.69) is 32.9 Å². The number of rotatable bonds is 7. The second-order valence-corrected chi connectivity index (χ2v) is 8.30. The van der Waals surface area contributed by atoms with Crippen molar-refractivity contribution in [3.05, 3.63) is 52.8 Å². The standard InChI is InChI=1S/C21H30ClN5O.HI/c1-4-23-19(24-14-20(2,28)17-12-26-27(3)13-17)25-15-21(10-5-11-21)16-6-8-18(22)9-7-16;/h6-9,12-13,28H,4-5,10-11,14-15H2,1-3H3,(H2,23,24,25);1H. The van der Waals surface area contributed by atoms with E-state index < -0.39 is 5.60 Å². The van der Waals surface area contributed by atoms with Gasteiger partial charge in [0.2, 0.25) is 0 Å². The fourth-order valence-corrected chi connectivity index (χ4v) is 3.72. The van der Waals surface area contributed by atoms with E-state index in [0.717, 1.165) is 36.5 Å². The maximum atomic E-state index is 10.8. The molecule has 1 fully saturated rings. The second kappa shape index (κ2) is 10.1. The molecule has 1 unspecified atom stereocenters. The van der Waals surface area contributed by atoms with Gasteiger partial charge >= 0.3 is 0 Å². The van der Waals surface area contributed by atoms with Crippen LogP contribution in [-0.4, -0.2) is 40.5 Å². The molecule has 0 radical (unpaired) electrons. The molecule has 29 heavy (non-hydrogen) atoms. The third-order valence-corrected chi connectivity index (χ3v) is 5.83. The lowest BCUT2D eigenvalue weighted by atomic mass is 9.64. The molecule has 0 aliphatic heterocycles. The summed E-state index contributed by atoms with van der Waals surface area (Å²) in [4.78, 5) is 4.63. The monoisotopic (exact) mass is 531 g/mol. The highest BCUT2D eigenvalue weighted by Gasteiger charge is 2.38. The first kappa shape index (κ1) is 24.0. The van der Waals surface area contributed by atoms with Crippen molar-refractivity contribution < 1.29 is 5.11 Å². The number of nitrogens with zero attached hydrogens (tertiary/aromatic N) is 3. The smallest absolute Gasteiger partial charge is 0.191 e. The van der Waals surface area contributed by atoms with Crippen LogP contribution in [0.1, 0.15) is 44.2 Å². The predicted molar refractivity (Wildman–Crippen MR) is 129 cm³/mol. The Morgan fingerprint density at radius 3 is 2.52 bits per heavy atom. The molecular formula is C21H31ClIN5O.